The van der Waals surface area contributed by atoms with Crippen LogP contribution in [0.1, 0.15) is 23.6 Å². The summed E-state index contributed by atoms with van der Waals surface area (Å²) < 4.78 is 250. The zero-order valence-electron chi connectivity index (χ0n) is 26.0. The second-order valence-corrected chi connectivity index (χ2v) is 11.3. The van der Waals surface area contributed by atoms with E-state index in [2.05, 4.69) is 0 Å². The first-order chi connectivity index (χ1) is 25.4. The molecule has 1 fully saturated rings. The lowest BCUT2D eigenvalue weighted by Gasteiger charge is -2.22. The second-order valence-electron chi connectivity index (χ2n) is 11.3. The highest BCUT2D eigenvalue weighted by Crippen LogP contribution is 2.59. The van der Waals surface area contributed by atoms with E-state index >= 15 is 35.1 Å². The van der Waals surface area contributed by atoms with Gasteiger partial charge in [0.15, 0.2) is 53.1 Å². The Kier molecular flexibility index (Phi) is 10.6. The van der Waals surface area contributed by atoms with E-state index in [1.54, 1.807) is 0 Å². The van der Waals surface area contributed by atoms with E-state index in [1.165, 1.54) is 0 Å². The predicted octanol–water partition coefficient (Wildman–Crippen LogP) is 10.2. The number of nitrogens with zero attached hydrogens (tertiary/aromatic N) is 5. The molecule has 4 unspecified atom stereocenters. The van der Waals surface area contributed by atoms with Crippen molar-refractivity contribution in [1.29, 1.82) is 26.3 Å². The summed E-state index contributed by atoms with van der Waals surface area (Å²) in [6.45, 7) is 0.612. The Morgan fingerprint density at radius 1 is 0.564 bits per heavy atom. The summed E-state index contributed by atoms with van der Waals surface area (Å²) in [5, 5.41) is 47.9. The molecule has 0 amide bonds. The molecule has 284 valence electrons. The molecular weight excluding hydrogens is 789 g/mol. The van der Waals surface area contributed by atoms with Crippen molar-refractivity contribution in [2.24, 2.45) is 11.8 Å². The first kappa shape index (κ1) is 41.4. The van der Waals surface area contributed by atoms with Gasteiger partial charge in [0, 0.05) is 33.8 Å². The topological polar surface area (TPSA) is 119 Å². The number of halogens is 17. The van der Waals surface area contributed by atoms with Gasteiger partial charge in [-0.25, -0.2) is 48.3 Å². The van der Waals surface area contributed by atoms with E-state index in [1.807, 2.05) is 0 Å². The Bertz CT molecular complexity index is 2400. The normalized spacial score (nSPS) is 26.1. The summed E-state index contributed by atoms with van der Waals surface area (Å²) in [6, 6.07) is 4.05. The van der Waals surface area contributed by atoms with Gasteiger partial charge in [-0.05, 0) is 0 Å². The number of nitriles is 5. The van der Waals surface area contributed by atoms with Gasteiger partial charge < -0.3 is 0 Å². The second kappa shape index (κ2) is 14.1. The Morgan fingerprint density at radius 3 is 1.55 bits per heavy atom. The fraction of sp³-hybridized carbons (Fsp3) is 0.242. The van der Waals surface area contributed by atoms with Gasteiger partial charge in [0.25, 0.3) is 0 Å². The maximum absolute atomic E-state index is 15.7. The maximum atomic E-state index is 15.7. The fourth-order valence-electron chi connectivity index (χ4n) is 5.81. The van der Waals surface area contributed by atoms with Crippen molar-refractivity contribution in [1.82, 2.24) is 0 Å². The molecular formula is C33H8F17N5. The number of hydrogen-bond donors (Lipinski definition) is 0. The first-order valence-corrected chi connectivity index (χ1v) is 14.2. The van der Waals surface area contributed by atoms with Crippen LogP contribution >= 0.6 is 0 Å². The molecule has 0 N–H and O–H groups in total. The monoisotopic (exact) mass is 797 g/mol. The Labute approximate surface area is 294 Å². The molecule has 0 heterocycles. The van der Waals surface area contributed by atoms with Crippen LogP contribution in [-0.2, 0) is 12.4 Å². The molecule has 3 aliphatic rings. The van der Waals surface area contributed by atoms with Crippen LogP contribution in [0.15, 0.2) is 73.7 Å². The van der Waals surface area contributed by atoms with Crippen molar-refractivity contribution < 1.29 is 74.6 Å². The van der Waals surface area contributed by atoms with Gasteiger partial charge in [0.2, 0.25) is 0 Å². The van der Waals surface area contributed by atoms with Gasteiger partial charge >= 0.3 is 12.4 Å². The molecule has 4 rings (SSSR count). The van der Waals surface area contributed by atoms with E-state index in [4.69, 9.17) is 5.26 Å². The molecule has 0 bridgehead atoms. The molecule has 0 spiro atoms. The van der Waals surface area contributed by atoms with E-state index in [0.717, 1.165) is 18.2 Å². The zero-order chi connectivity index (χ0) is 42.0. The van der Waals surface area contributed by atoms with E-state index in [-0.39, 0.29) is 0 Å². The maximum Gasteiger partial charge on any atom is 0.422 e. The average molecular weight is 797 g/mol. The molecule has 5 atom stereocenters. The lowest BCUT2D eigenvalue weighted by atomic mass is 9.85. The molecule has 0 saturated heterocycles. The van der Waals surface area contributed by atoms with Crippen LogP contribution in [0.4, 0.5) is 74.6 Å². The van der Waals surface area contributed by atoms with Crippen molar-refractivity contribution in [2.75, 3.05) is 0 Å². The largest absolute Gasteiger partial charge is 0.422 e. The summed E-state index contributed by atoms with van der Waals surface area (Å²) in [5.74, 6) is -28.7. The molecule has 3 aliphatic carbocycles. The van der Waals surface area contributed by atoms with Gasteiger partial charge in [-0.1, -0.05) is 6.92 Å². The van der Waals surface area contributed by atoms with Gasteiger partial charge in [0.05, 0.1) is 40.3 Å². The van der Waals surface area contributed by atoms with Crippen LogP contribution in [0.5, 0.6) is 0 Å². The molecule has 1 saturated carbocycles. The molecule has 1 aromatic carbocycles. The SMILES string of the molecule is C[C@H]1C(C#N)=C(F)C(F)=C(/C(C#N)=C2\C(=C(/C#N)c3c(F)c(F)c(C(F)(F)F)c(F)c3C(F)(F)F)\C2=C(/C#N)C2C(F)=C(F)C(C#N)=C(F)C2F)C(F)C1F. The number of hydrogen-bond acceptors (Lipinski definition) is 5. The van der Waals surface area contributed by atoms with Crippen LogP contribution in [0, 0.1) is 85.9 Å². The van der Waals surface area contributed by atoms with Crippen molar-refractivity contribution in [3.8, 4) is 30.3 Å². The molecule has 1 aromatic rings. The molecule has 0 radical (unpaired) electrons. The average Bonchev–Trinajstić information content (AvgIpc) is 3.82. The minimum absolute atomic E-state index is 0.612. The number of alkyl halides is 9. The summed E-state index contributed by atoms with van der Waals surface area (Å²) in [5.41, 5.74) is -26.9. The van der Waals surface area contributed by atoms with E-state index < -0.39 is 156 Å². The third-order valence-electron chi connectivity index (χ3n) is 8.38. The third-order valence-corrected chi connectivity index (χ3v) is 8.38. The highest BCUT2D eigenvalue weighted by atomic mass is 19.4. The van der Waals surface area contributed by atoms with Gasteiger partial charge in [0.1, 0.15) is 46.9 Å². The smallest absolute Gasteiger partial charge is 0.243 e. The predicted molar refractivity (Wildman–Crippen MR) is 146 cm³/mol. The van der Waals surface area contributed by atoms with Crippen molar-refractivity contribution in [2.45, 2.75) is 37.8 Å². The first-order valence-electron chi connectivity index (χ1n) is 14.2. The fourth-order valence-corrected chi connectivity index (χ4v) is 5.81. The Balaban J connectivity index is 2.38. The van der Waals surface area contributed by atoms with E-state index in [0.29, 0.717) is 19.1 Å². The van der Waals surface area contributed by atoms with Crippen LogP contribution in [0.25, 0.3) is 5.57 Å². The van der Waals surface area contributed by atoms with Crippen LogP contribution < -0.4 is 0 Å². The van der Waals surface area contributed by atoms with Gasteiger partial charge in [-0.3, -0.25) is 0 Å². The molecule has 5 nitrogen and oxygen atoms in total. The minimum atomic E-state index is -6.55. The summed E-state index contributed by atoms with van der Waals surface area (Å²) in [6.07, 6.45) is -23.5. The summed E-state index contributed by atoms with van der Waals surface area (Å²) in [7, 11) is 0. The quantitative estimate of drug-likeness (QED) is 0.171. The molecule has 22 heteroatoms. The van der Waals surface area contributed by atoms with Crippen molar-refractivity contribution >= 4 is 5.57 Å². The van der Waals surface area contributed by atoms with E-state index in [9.17, 15) is 60.6 Å². The zero-order valence-corrected chi connectivity index (χ0v) is 26.0. The number of allylic oxidation sites excluding steroid dienone is 14. The molecule has 0 aromatic heterocycles. The number of rotatable bonds is 3. The molecule has 55 heavy (non-hydrogen) atoms. The van der Waals surface area contributed by atoms with Crippen LogP contribution in [0.2, 0.25) is 0 Å². The van der Waals surface area contributed by atoms with Crippen LogP contribution in [0.3, 0.4) is 0 Å². The summed E-state index contributed by atoms with van der Waals surface area (Å²) >= 11 is 0. The standard InChI is InChI=1S/C33H8F17N5/c1-7-8(2-51)22(35)27(40)17(26(39)21(7)34)10(4-53)14-13(15(14)11(5-54)18-28(41)23(36)12(6-55)24(37)29(18)42)9(3-52)16-19(32(45,46)47)30(43)20(33(48,49)50)31(44)25(16)38/h7,18,21,26,28H,1H3/b13-9-,14-10+,15-11-/t7-,18?,21?,26?,28?/m0/s1. The van der Waals surface area contributed by atoms with Gasteiger partial charge in [-0.2, -0.15) is 52.7 Å². The van der Waals surface area contributed by atoms with Crippen molar-refractivity contribution in [3.05, 3.63) is 108 Å². The van der Waals surface area contributed by atoms with Crippen molar-refractivity contribution in [3.63, 3.8) is 0 Å². The Morgan fingerprint density at radius 2 is 1.09 bits per heavy atom. The Hall–Kier alpha value is -6.34. The highest BCUT2D eigenvalue weighted by Gasteiger charge is 2.54. The number of benzene rings is 1. The van der Waals surface area contributed by atoms with Gasteiger partial charge in [-0.15, -0.1) is 0 Å². The lowest BCUT2D eigenvalue weighted by Crippen LogP contribution is -2.27. The minimum Gasteiger partial charge on any atom is -0.243 e. The van der Waals surface area contributed by atoms with Crippen LogP contribution in [-0.4, -0.2) is 18.5 Å². The lowest BCUT2D eigenvalue weighted by molar-refractivity contribution is -0.150. The summed E-state index contributed by atoms with van der Waals surface area (Å²) in [4.78, 5) is 0. The molecule has 0 aliphatic heterocycles. The third kappa shape index (κ3) is 6.29. The highest BCUT2D eigenvalue weighted by molar-refractivity contribution is 6.01.